The molecule has 1 aliphatic rings. The van der Waals surface area contributed by atoms with Gasteiger partial charge in [-0.2, -0.15) is 0 Å². The first-order chi connectivity index (χ1) is 14.0. The summed E-state index contributed by atoms with van der Waals surface area (Å²) < 4.78 is 21.1. The third kappa shape index (κ3) is 5.20. The SMILES string of the molecule is CCOc1ccccc1NC(=O)[C@@H](C)OC(=O)/C=C/c1cc(Cl)c2c(c1)OCO2. The smallest absolute Gasteiger partial charge is 0.331 e. The van der Waals surface area contributed by atoms with Crippen molar-refractivity contribution >= 4 is 35.2 Å². The predicted octanol–water partition coefficient (Wildman–Crippen LogP) is 4.05. The minimum absolute atomic E-state index is 0.101. The topological polar surface area (TPSA) is 83.1 Å². The van der Waals surface area contributed by atoms with E-state index in [4.69, 9.17) is 30.5 Å². The van der Waals surface area contributed by atoms with E-state index in [1.54, 1.807) is 36.4 Å². The first kappa shape index (κ1) is 20.5. The maximum Gasteiger partial charge on any atom is 0.331 e. The molecule has 1 aliphatic heterocycles. The van der Waals surface area contributed by atoms with E-state index < -0.39 is 18.0 Å². The van der Waals surface area contributed by atoms with Crippen LogP contribution in [0.4, 0.5) is 5.69 Å². The standard InChI is InChI=1S/C21H20ClNO6/c1-3-26-17-7-5-4-6-16(17)23-21(25)13(2)29-19(24)9-8-14-10-15(22)20-18(11-14)27-12-28-20/h4-11,13H,3,12H2,1-2H3,(H,23,25)/b9-8+/t13-/m1/s1. The van der Waals surface area contributed by atoms with Crippen LogP contribution < -0.4 is 19.5 Å². The highest BCUT2D eigenvalue weighted by atomic mass is 35.5. The Morgan fingerprint density at radius 2 is 2.07 bits per heavy atom. The molecule has 1 heterocycles. The van der Waals surface area contributed by atoms with Gasteiger partial charge >= 0.3 is 5.97 Å². The first-order valence-electron chi connectivity index (χ1n) is 8.98. The van der Waals surface area contributed by atoms with Crippen molar-refractivity contribution in [3.63, 3.8) is 0 Å². The van der Waals surface area contributed by atoms with Crippen molar-refractivity contribution in [1.29, 1.82) is 0 Å². The number of amides is 1. The lowest BCUT2D eigenvalue weighted by Crippen LogP contribution is -2.29. The Bertz CT molecular complexity index is 943. The van der Waals surface area contributed by atoms with Gasteiger partial charge in [-0.3, -0.25) is 4.79 Å². The second-order valence-electron chi connectivity index (χ2n) is 6.07. The van der Waals surface area contributed by atoms with E-state index >= 15 is 0 Å². The maximum atomic E-state index is 12.3. The van der Waals surface area contributed by atoms with E-state index in [0.29, 0.717) is 40.1 Å². The Hall–Kier alpha value is -3.19. The summed E-state index contributed by atoms with van der Waals surface area (Å²) in [5.74, 6) is 0.390. The summed E-state index contributed by atoms with van der Waals surface area (Å²) in [6.45, 7) is 3.90. The van der Waals surface area contributed by atoms with Crippen molar-refractivity contribution in [2.45, 2.75) is 20.0 Å². The molecule has 0 bridgehead atoms. The molecule has 0 radical (unpaired) electrons. The molecule has 0 aliphatic carbocycles. The van der Waals surface area contributed by atoms with Gasteiger partial charge in [0.05, 0.1) is 17.3 Å². The van der Waals surface area contributed by atoms with Crippen LogP contribution in [0, 0.1) is 0 Å². The zero-order valence-electron chi connectivity index (χ0n) is 15.9. The number of halogens is 1. The number of fused-ring (bicyclic) bond motifs is 1. The van der Waals surface area contributed by atoms with Gasteiger partial charge < -0.3 is 24.3 Å². The van der Waals surface area contributed by atoms with Gasteiger partial charge in [-0.05, 0) is 49.8 Å². The van der Waals surface area contributed by atoms with E-state index in [-0.39, 0.29) is 6.79 Å². The lowest BCUT2D eigenvalue weighted by Gasteiger charge is -2.15. The van der Waals surface area contributed by atoms with Gasteiger partial charge in [-0.1, -0.05) is 23.7 Å². The summed E-state index contributed by atoms with van der Waals surface area (Å²) in [7, 11) is 0. The average Bonchev–Trinajstić information content (AvgIpc) is 3.17. The third-order valence-electron chi connectivity index (χ3n) is 3.97. The largest absolute Gasteiger partial charge is 0.492 e. The average molecular weight is 418 g/mol. The molecule has 8 heteroatoms. The zero-order chi connectivity index (χ0) is 20.8. The van der Waals surface area contributed by atoms with Gasteiger partial charge in [-0.15, -0.1) is 0 Å². The highest BCUT2D eigenvalue weighted by molar-refractivity contribution is 6.32. The van der Waals surface area contributed by atoms with Crippen LogP contribution in [0.15, 0.2) is 42.5 Å². The molecule has 0 fully saturated rings. The molecule has 0 aromatic heterocycles. The Balaban J connectivity index is 1.58. The number of hydrogen-bond acceptors (Lipinski definition) is 6. The lowest BCUT2D eigenvalue weighted by molar-refractivity contribution is -0.148. The minimum Gasteiger partial charge on any atom is -0.492 e. The molecule has 3 rings (SSSR count). The number of para-hydroxylation sites is 2. The highest BCUT2D eigenvalue weighted by Crippen LogP contribution is 2.40. The number of ether oxygens (including phenoxy) is 4. The summed E-state index contributed by atoms with van der Waals surface area (Å²) in [4.78, 5) is 24.4. The quantitative estimate of drug-likeness (QED) is 0.540. The Morgan fingerprint density at radius 1 is 1.28 bits per heavy atom. The normalized spacial score (nSPS) is 13.2. The molecule has 0 spiro atoms. The molecule has 29 heavy (non-hydrogen) atoms. The molecule has 2 aromatic rings. The maximum absolute atomic E-state index is 12.3. The van der Waals surface area contributed by atoms with Crippen molar-refractivity contribution in [3.05, 3.63) is 53.1 Å². The fourth-order valence-corrected chi connectivity index (χ4v) is 2.87. The number of rotatable bonds is 7. The Labute approximate surface area is 173 Å². The molecule has 0 saturated heterocycles. The van der Waals surface area contributed by atoms with Gasteiger partial charge in [0.15, 0.2) is 17.6 Å². The Kier molecular flexibility index (Phi) is 6.61. The number of carbonyl (C=O) groups is 2. The highest BCUT2D eigenvalue weighted by Gasteiger charge is 2.19. The second-order valence-corrected chi connectivity index (χ2v) is 6.47. The third-order valence-corrected chi connectivity index (χ3v) is 4.25. The van der Waals surface area contributed by atoms with Crippen molar-refractivity contribution in [1.82, 2.24) is 0 Å². The van der Waals surface area contributed by atoms with Crippen LogP contribution in [-0.4, -0.2) is 31.4 Å². The molecule has 7 nitrogen and oxygen atoms in total. The summed E-state index contributed by atoms with van der Waals surface area (Å²) in [5, 5.41) is 3.08. The molecular formula is C21H20ClNO6. The molecule has 1 N–H and O–H groups in total. The van der Waals surface area contributed by atoms with Gasteiger partial charge in [0.2, 0.25) is 6.79 Å². The molecule has 0 saturated carbocycles. The van der Waals surface area contributed by atoms with E-state index in [9.17, 15) is 9.59 Å². The van der Waals surface area contributed by atoms with Crippen molar-refractivity contribution < 1.29 is 28.5 Å². The van der Waals surface area contributed by atoms with E-state index in [1.807, 2.05) is 6.92 Å². The van der Waals surface area contributed by atoms with Crippen LogP contribution in [-0.2, 0) is 14.3 Å². The first-order valence-corrected chi connectivity index (χ1v) is 9.36. The summed E-state index contributed by atoms with van der Waals surface area (Å²) in [6.07, 6.45) is 1.74. The Morgan fingerprint density at radius 3 is 2.86 bits per heavy atom. The predicted molar refractivity (Wildman–Crippen MR) is 108 cm³/mol. The fourth-order valence-electron chi connectivity index (χ4n) is 2.60. The molecule has 1 atom stereocenters. The summed E-state index contributed by atoms with van der Waals surface area (Å²) >= 11 is 6.11. The summed E-state index contributed by atoms with van der Waals surface area (Å²) in [5.41, 5.74) is 1.15. The molecular weight excluding hydrogens is 398 g/mol. The van der Waals surface area contributed by atoms with E-state index in [2.05, 4.69) is 5.32 Å². The molecule has 1 amide bonds. The van der Waals surface area contributed by atoms with E-state index in [0.717, 1.165) is 0 Å². The lowest BCUT2D eigenvalue weighted by atomic mass is 10.2. The monoisotopic (exact) mass is 417 g/mol. The number of carbonyl (C=O) groups excluding carboxylic acids is 2. The minimum atomic E-state index is -0.998. The van der Waals surface area contributed by atoms with Crippen molar-refractivity contribution in [2.24, 2.45) is 0 Å². The van der Waals surface area contributed by atoms with Gasteiger partial charge in [0.25, 0.3) is 5.91 Å². The van der Waals surface area contributed by atoms with Crippen molar-refractivity contribution in [2.75, 3.05) is 18.7 Å². The molecule has 2 aromatic carbocycles. The fraction of sp³-hybridized carbons (Fsp3) is 0.238. The number of anilines is 1. The van der Waals surface area contributed by atoms with Crippen LogP contribution in [0.1, 0.15) is 19.4 Å². The van der Waals surface area contributed by atoms with Gasteiger partial charge in [0, 0.05) is 6.08 Å². The number of benzene rings is 2. The van der Waals surface area contributed by atoms with Crippen LogP contribution in [0.5, 0.6) is 17.2 Å². The van der Waals surface area contributed by atoms with Crippen molar-refractivity contribution in [3.8, 4) is 17.2 Å². The number of hydrogen-bond donors (Lipinski definition) is 1. The van der Waals surface area contributed by atoms with Crippen LogP contribution >= 0.6 is 11.6 Å². The van der Waals surface area contributed by atoms with Gasteiger partial charge in [0.1, 0.15) is 5.75 Å². The van der Waals surface area contributed by atoms with Crippen LogP contribution in [0.2, 0.25) is 5.02 Å². The van der Waals surface area contributed by atoms with Crippen LogP contribution in [0.25, 0.3) is 6.08 Å². The summed E-state index contributed by atoms with van der Waals surface area (Å²) in [6, 6.07) is 10.4. The van der Waals surface area contributed by atoms with Crippen LogP contribution in [0.3, 0.4) is 0 Å². The second kappa shape index (κ2) is 9.34. The zero-order valence-corrected chi connectivity index (χ0v) is 16.7. The van der Waals surface area contributed by atoms with Gasteiger partial charge in [-0.25, -0.2) is 4.79 Å². The molecule has 0 unspecified atom stereocenters. The number of esters is 1. The van der Waals surface area contributed by atoms with E-state index in [1.165, 1.54) is 19.1 Å². The number of nitrogens with one attached hydrogen (secondary N) is 1. The molecule has 152 valence electrons.